The number of rotatable bonds is 1. The third-order valence-electron chi connectivity index (χ3n) is 1.81. The van der Waals surface area contributed by atoms with Crippen LogP contribution < -0.4 is 0 Å². The van der Waals surface area contributed by atoms with Gasteiger partial charge in [0.1, 0.15) is 5.75 Å². The number of aromatic hydroxyl groups is 1. The molecule has 1 rings (SSSR count). The summed E-state index contributed by atoms with van der Waals surface area (Å²) in [5, 5.41) is 9.55. The van der Waals surface area contributed by atoms with Gasteiger partial charge >= 0.3 is 0 Å². The molecule has 1 heteroatoms. The molecule has 0 saturated heterocycles. The second kappa shape index (κ2) is 2.95. The highest BCUT2D eigenvalue weighted by Crippen LogP contribution is 2.27. The second-order valence-electron chi connectivity index (χ2n) is 3.10. The lowest BCUT2D eigenvalue weighted by Crippen LogP contribution is -1.89. The third-order valence-corrected chi connectivity index (χ3v) is 1.81. The van der Waals surface area contributed by atoms with Gasteiger partial charge in [-0.05, 0) is 42.2 Å². The summed E-state index contributed by atoms with van der Waals surface area (Å²) >= 11 is 0. The largest absolute Gasteiger partial charge is 0.507 e. The van der Waals surface area contributed by atoms with Crippen molar-refractivity contribution in [2.45, 2.75) is 26.7 Å². The van der Waals surface area contributed by atoms with Gasteiger partial charge in [0.05, 0.1) is 0 Å². The van der Waals surface area contributed by atoms with Crippen molar-refractivity contribution in [2.24, 2.45) is 0 Å². The van der Waals surface area contributed by atoms with E-state index in [1.54, 1.807) is 6.07 Å². The van der Waals surface area contributed by atoms with Crippen molar-refractivity contribution in [3.8, 4) is 5.75 Å². The lowest BCUT2D eigenvalue weighted by atomic mass is 10.00. The van der Waals surface area contributed by atoms with E-state index in [0.29, 0.717) is 11.7 Å². The molecule has 0 aliphatic carbocycles. The first-order valence-corrected chi connectivity index (χ1v) is 3.82. The van der Waals surface area contributed by atoms with E-state index in [9.17, 15) is 5.11 Å². The molecule has 0 spiro atoms. The molecule has 0 fully saturated rings. The Balaban J connectivity index is 3.17. The van der Waals surface area contributed by atoms with E-state index < -0.39 is 0 Å². The van der Waals surface area contributed by atoms with Crippen LogP contribution in [0, 0.1) is 13.0 Å². The van der Waals surface area contributed by atoms with E-state index in [1.165, 1.54) is 0 Å². The quantitative estimate of drug-likeness (QED) is 0.650. The van der Waals surface area contributed by atoms with Gasteiger partial charge in [-0.2, -0.15) is 0 Å². The maximum atomic E-state index is 9.55. The van der Waals surface area contributed by atoms with Crippen LogP contribution in [0.1, 0.15) is 30.9 Å². The summed E-state index contributed by atoms with van der Waals surface area (Å²) in [7, 11) is 0. The van der Waals surface area contributed by atoms with Crippen molar-refractivity contribution in [3.05, 3.63) is 29.3 Å². The van der Waals surface area contributed by atoms with Crippen LogP contribution in [0.5, 0.6) is 5.75 Å². The first-order valence-electron chi connectivity index (χ1n) is 3.82. The van der Waals surface area contributed by atoms with Crippen molar-refractivity contribution >= 4 is 0 Å². The molecule has 1 aromatic rings. The average Bonchev–Trinajstić information content (AvgIpc) is 1.94. The smallest absolute Gasteiger partial charge is 0.121 e. The van der Waals surface area contributed by atoms with Crippen LogP contribution >= 0.6 is 0 Å². The zero-order chi connectivity index (χ0) is 8.43. The fourth-order valence-electron chi connectivity index (χ4n) is 1.06. The van der Waals surface area contributed by atoms with Crippen molar-refractivity contribution in [2.75, 3.05) is 0 Å². The average molecular weight is 149 g/mol. The van der Waals surface area contributed by atoms with Gasteiger partial charge in [-0.25, -0.2) is 0 Å². The molecule has 1 radical (unpaired) electrons. The van der Waals surface area contributed by atoms with Crippen LogP contribution in [-0.2, 0) is 0 Å². The predicted octanol–water partition coefficient (Wildman–Crippen LogP) is 2.62. The third kappa shape index (κ3) is 1.53. The molecule has 11 heavy (non-hydrogen) atoms. The second-order valence-corrected chi connectivity index (χ2v) is 3.10. The molecule has 1 aromatic carbocycles. The monoisotopic (exact) mass is 149 g/mol. The molecule has 0 amide bonds. The highest BCUT2D eigenvalue weighted by Gasteiger charge is 2.06. The molecule has 0 aromatic heterocycles. The first kappa shape index (κ1) is 8.12. The molecular formula is C10H13O. The van der Waals surface area contributed by atoms with Gasteiger partial charge in [-0.3, -0.25) is 0 Å². The van der Waals surface area contributed by atoms with E-state index in [-0.39, 0.29) is 0 Å². The van der Waals surface area contributed by atoms with Crippen LogP contribution in [0.2, 0.25) is 0 Å². The molecule has 0 saturated carbocycles. The standard InChI is InChI=1S/C10H13O/c1-7(2)9-6-4-5-8(3)10(9)11/h5-7,11H,1-3H3. The van der Waals surface area contributed by atoms with Crippen LogP contribution in [-0.4, -0.2) is 5.11 Å². The van der Waals surface area contributed by atoms with Gasteiger partial charge in [0, 0.05) is 0 Å². The number of phenols is 1. The number of hydrogen-bond donors (Lipinski definition) is 1. The lowest BCUT2D eigenvalue weighted by Gasteiger charge is -2.08. The van der Waals surface area contributed by atoms with Crippen molar-refractivity contribution < 1.29 is 5.11 Å². The highest BCUT2D eigenvalue weighted by atomic mass is 16.3. The molecule has 59 valence electrons. The molecule has 0 aliphatic heterocycles. The maximum absolute atomic E-state index is 9.55. The molecule has 1 nitrogen and oxygen atoms in total. The molecule has 0 bridgehead atoms. The van der Waals surface area contributed by atoms with E-state index >= 15 is 0 Å². The van der Waals surface area contributed by atoms with Gasteiger partial charge in [0.15, 0.2) is 0 Å². The van der Waals surface area contributed by atoms with Gasteiger partial charge in [-0.1, -0.05) is 13.8 Å². The van der Waals surface area contributed by atoms with Crippen molar-refractivity contribution in [1.82, 2.24) is 0 Å². The summed E-state index contributed by atoms with van der Waals surface area (Å²) < 4.78 is 0. The Kier molecular flexibility index (Phi) is 2.18. The summed E-state index contributed by atoms with van der Waals surface area (Å²) in [6.45, 7) is 6.00. The Morgan fingerprint density at radius 2 is 2.00 bits per heavy atom. The van der Waals surface area contributed by atoms with E-state index in [2.05, 4.69) is 19.9 Å². The molecular weight excluding hydrogens is 136 g/mol. The summed E-state index contributed by atoms with van der Waals surface area (Å²) in [6.07, 6.45) is 0. The minimum absolute atomic E-state index is 0.367. The minimum atomic E-state index is 0.367. The molecule has 0 aliphatic rings. The Morgan fingerprint density at radius 3 is 2.45 bits per heavy atom. The minimum Gasteiger partial charge on any atom is -0.507 e. The van der Waals surface area contributed by atoms with Gasteiger partial charge < -0.3 is 5.11 Å². The van der Waals surface area contributed by atoms with Crippen molar-refractivity contribution in [3.63, 3.8) is 0 Å². The number of phenolic OH excluding ortho intramolecular Hbond substituents is 1. The normalized spacial score (nSPS) is 10.5. The first-order chi connectivity index (χ1) is 5.13. The lowest BCUT2D eigenvalue weighted by molar-refractivity contribution is 0.460. The molecule has 0 atom stereocenters. The fraction of sp³-hybridized carbons (Fsp3) is 0.400. The summed E-state index contributed by atoms with van der Waals surface area (Å²) in [6, 6.07) is 6.62. The highest BCUT2D eigenvalue weighted by molar-refractivity contribution is 5.40. The van der Waals surface area contributed by atoms with Gasteiger partial charge in [-0.15, -0.1) is 0 Å². The molecule has 0 heterocycles. The Labute approximate surface area is 67.7 Å². The van der Waals surface area contributed by atoms with Crippen LogP contribution in [0.3, 0.4) is 0 Å². The van der Waals surface area contributed by atoms with Crippen molar-refractivity contribution in [1.29, 1.82) is 0 Å². The SMILES string of the molecule is Cc1c[c]cc(C(C)C)c1O. The van der Waals surface area contributed by atoms with Gasteiger partial charge in [0.2, 0.25) is 0 Å². The number of aryl methyl sites for hydroxylation is 1. The Hall–Kier alpha value is -0.980. The summed E-state index contributed by atoms with van der Waals surface area (Å²) in [4.78, 5) is 0. The maximum Gasteiger partial charge on any atom is 0.121 e. The zero-order valence-electron chi connectivity index (χ0n) is 7.18. The predicted molar refractivity (Wildman–Crippen MR) is 45.8 cm³/mol. The fourth-order valence-corrected chi connectivity index (χ4v) is 1.06. The Morgan fingerprint density at radius 1 is 1.36 bits per heavy atom. The van der Waals surface area contributed by atoms with Crippen LogP contribution in [0.4, 0.5) is 0 Å². The molecule has 1 N–H and O–H groups in total. The summed E-state index contributed by atoms with van der Waals surface area (Å²) in [5.74, 6) is 0.782. The zero-order valence-corrected chi connectivity index (χ0v) is 7.18. The molecule has 0 unspecified atom stereocenters. The van der Waals surface area contributed by atoms with E-state index in [4.69, 9.17) is 0 Å². The number of hydrogen-bond acceptors (Lipinski definition) is 1. The Bertz CT molecular complexity index is 251. The van der Waals surface area contributed by atoms with Crippen LogP contribution in [0.15, 0.2) is 12.1 Å². The summed E-state index contributed by atoms with van der Waals surface area (Å²) in [5.41, 5.74) is 1.88. The number of benzene rings is 1. The van der Waals surface area contributed by atoms with Gasteiger partial charge in [0.25, 0.3) is 0 Å². The van der Waals surface area contributed by atoms with E-state index in [1.807, 2.05) is 13.0 Å². The van der Waals surface area contributed by atoms with E-state index in [0.717, 1.165) is 11.1 Å². The van der Waals surface area contributed by atoms with Crippen LogP contribution in [0.25, 0.3) is 0 Å². The topological polar surface area (TPSA) is 20.2 Å².